The third kappa shape index (κ3) is 4.51. The minimum atomic E-state index is -1.06. The van der Waals surface area contributed by atoms with Crippen LogP contribution in [0.4, 0.5) is 14.5 Å². The lowest BCUT2D eigenvalue weighted by molar-refractivity contribution is -0.139. The van der Waals surface area contributed by atoms with Gasteiger partial charge in [-0.1, -0.05) is 31.0 Å². The van der Waals surface area contributed by atoms with Crippen LogP contribution in [-0.2, 0) is 9.53 Å². The van der Waals surface area contributed by atoms with Crippen LogP contribution in [0.2, 0.25) is 0 Å². The number of amides is 2. The Balaban J connectivity index is 1.37. The summed E-state index contributed by atoms with van der Waals surface area (Å²) in [4.78, 5) is 28.8. The van der Waals surface area contributed by atoms with Gasteiger partial charge in [-0.2, -0.15) is 0 Å². The smallest absolute Gasteiger partial charge is 0.251 e. The van der Waals surface area contributed by atoms with Crippen LogP contribution in [0.5, 0.6) is 0 Å². The third-order valence-electron chi connectivity index (χ3n) is 7.79. The van der Waals surface area contributed by atoms with E-state index in [0.717, 1.165) is 42.6 Å². The molecule has 5 atom stereocenters. The molecule has 0 spiro atoms. The van der Waals surface area contributed by atoms with E-state index in [1.165, 1.54) is 6.07 Å². The Labute approximate surface area is 204 Å². The zero-order valence-electron chi connectivity index (χ0n) is 19.8. The van der Waals surface area contributed by atoms with Gasteiger partial charge in [0.05, 0.1) is 24.6 Å². The molecule has 35 heavy (non-hydrogen) atoms. The van der Waals surface area contributed by atoms with Crippen LogP contribution in [-0.4, -0.2) is 49.1 Å². The number of anilines is 1. The molecule has 8 heteroatoms. The van der Waals surface area contributed by atoms with E-state index < -0.39 is 17.5 Å². The summed E-state index contributed by atoms with van der Waals surface area (Å²) in [6.07, 6.45) is 4.07. The zero-order valence-corrected chi connectivity index (χ0v) is 19.8. The standard InChI is InChI=1S/C27H31F2N3O3/c1-35-15-24-18-12-13-32(25(18)17-6-2-4-8-22(17)30-24)27(34)19-7-3-5-9-23(19)31-26(33)16-10-11-20(28)21(29)14-16/h2,4,6,8,10-11,14,18-19,23-25,30H,3,5,7,9,12-13,15H2,1H3,(H,31,33)/t18-,19-,23+,24-,25-/m0/s1. The van der Waals surface area contributed by atoms with Gasteiger partial charge in [-0.05, 0) is 49.1 Å². The molecule has 5 rings (SSSR count). The summed E-state index contributed by atoms with van der Waals surface area (Å²) in [6.45, 7) is 1.22. The second-order valence-electron chi connectivity index (χ2n) is 9.82. The highest BCUT2D eigenvalue weighted by atomic mass is 19.2. The van der Waals surface area contributed by atoms with E-state index >= 15 is 0 Å². The molecule has 0 bridgehead atoms. The predicted octanol–water partition coefficient (Wildman–Crippen LogP) is 4.28. The van der Waals surface area contributed by atoms with Gasteiger partial charge in [0.25, 0.3) is 5.91 Å². The van der Waals surface area contributed by atoms with Crippen molar-refractivity contribution >= 4 is 17.5 Å². The fraction of sp³-hybridized carbons (Fsp3) is 0.481. The molecular weight excluding hydrogens is 452 g/mol. The number of halogens is 2. The molecule has 186 valence electrons. The van der Waals surface area contributed by atoms with Crippen LogP contribution in [0.25, 0.3) is 0 Å². The molecule has 3 aliphatic rings. The summed E-state index contributed by atoms with van der Waals surface area (Å²) < 4.78 is 32.4. The maximum absolute atomic E-state index is 14.0. The monoisotopic (exact) mass is 483 g/mol. The number of methoxy groups -OCH3 is 1. The molecule has 1 aliphatic carbocycles. The van der Waals surface area contributed by atoms with Crippen molar-refractivity contribution in [2.45, 2.75) is 50.2 Å². The molecular formula is C27H31F2N3O3. The van der Waals surface area contributed by atoms with E-state index in [1.54, 1.807) is 7.11 Å². The summed E-state index contributed by atoms with van der Waals surface area (Å²) in [5, 5.41) is 6.54. The number of likely N-dealkylation sites (tertiary alicyclic amines) is 1. The number of hydrogen-bond donors (Lipinski definition) is 2. The summed E-state index contributed by atoms with van der Waals surface area (Å²) in [7, 11) is 1.69. The van der Waals surface area contributed by atoms with E-state index in [0.29, 0.717) is 26.0 Å². The molecule has 2 aliphatic heterocycles. The Morgan fingerprint density at radius 2 is 1.89 bits per heavy atom. The number of nitrogens with one attached hydrogen (secondary N) is 2. The second kappa shape index (κ2) is 9.93. The van der Waals surface area contributed by atoms with Crippen LogP contribution in [0.15, 0.2) is 42.5 Å². The summed E-state index contributed by atoms with van der Waals surface area (Å²) >= 11 is 0. The number of benzene rings is 2. The number of carbonyl (C=O) groups excluding carboxylic acids is 2. The third-order valence-corrected chi connectivity index (χ3v) is 7.79. The molecule has 2 heterocycles. The Kier molecular flexibility index (Phi) is 6.73. The topological polar surface area (TPSA) is 70.7 Å². The van der Waals surface area contributed by atoms with E-state index in [9.17, 15) is 18.4 Å². The lowest BCUT2D eigenvalue weighted by Gasteiger charge is -2.41. The van der Waals surface area contributed by atoms with E-state index in [2.05, 4.69) is 16.7 Å². The van der Waals surface area contributed by atoms with Crippen LogP contribution in [0.1, 0.15) is 54.1 Å². The average molecular weight is 484 g/mol. The molecule has 2 aromatic rings. The van der Waals surface area contributed by atoms with E-state index in [4.69, 9.17) is 4.74 Å². The van der Waals surface area contributed by atoms with E-state index in [1.807, 2.05) is 23.1 Å². The molecule has 6 nitrogen and oxygen atoms in total. The highest BCUT2D eigenvalue weighted by Crippen LogP contribution is 2.47. The molecule has 2 fully saturated rings. The lowest BCUT2D eigenvalue weighted by atomic mass is 9.81. The van der Waals surface area contributed by atoms with Crippen molar-refractivity contribution in [3.8, 4) is 0 Å². The first-order valence-electron chi connectivity index (χ1n) is 12.4. The Morgan fingerprint density at radius 3 is 2.69 bits per heavy atom. The number of para-hydroxylation sites is 1. The number of rotatable bonds is 5. The van der Waals surface area contributed by atoms with Crippen molar-refractivity contribution in [3.63, 3.8) is 0 Å². The second-order valence-corrected chi connectivity index (χ2v) is 9.82. The van der Waals surface area contributed by atoms with Crippen LogP contribution in [0, 0.1) is 23.5 Å². The normalized spacial score (nSPS) is 27.5. The minimum Gasteiger partial charge on any atom is -0.383 e. The quantitative estimate of drug-likeness (QED) is 0.666. The molecule has 0 aromatic heterocycles. The molecule has 2 aromatic carbocycles. The van der Waals surface area contributed by atoms with Gasteiger partial charge in [-0.3, -0.25) is 9.59 Å². The highest BCUT2D eigenvalue weighted by molar-refractivity contribution is 5.95. The maximum atomic E-state index is 14.0. The molecule has 2 N–H and O–H groups in total. The Bertz CT molecular complexity index is 1110. The first kappa shape index (κ1) is 23.7. The fourth-order valence-electron chi connectivity index (χ4n) is 6.12. The molecule has 2 amide bonds. The summed E-state index contributed by atoms with van der Waals surface area (Å²) in [5.41, 5.74) is 2.20. The molecule has 1 saturated carbocycles. The number of hydrogen-bond acceptors (Lipinski definition) is 4. The van der Waals surface area contributed by atoms with Gasteiger partial charge in [-0.25, -0.2) is 8.78 Å². The van der Waals surface area contributed by atoms with Crippen molar-refractivity contribution < 1.29 is 23.1 Å². The van der Waals surface area contributed by atoms with E-state index in [-0.39, 0.29) is 41.4 Å². The van der Waals surface area contributed by atoms with Crippen molar-refractivity contribution in [2.24, 2.45) is 11.8 Å². The van der Waals surface area contributed by atoms with Crippen molar-refractivity contribution in [1.82, 2.24) is 10.2 Å². The van der Waals surface area contributed by atoms with Crippen molar-refractivity contribution in [3.05, 3.63) is 65.2 Å². The minimum absolute atomic E-state index is 0.0374. The van der Waals surface area contributed by atoms with Crippen molar-refractivity contribution in [1.29, 1.82) is 0 Å². The van der Waals surface area contributed by atoms with Gasteiger partial charge in [0.1, 0.15) is 0 Å². The fourth-order valence-corrected chi connectivity index (χ4v) is 6.12. The Hall–Kier alpha value is -3.00. The molecule has 0 unspecified atom stereocenters. The summed E-state index contributed by atoms with van der Waals surface area (Å²) in [6, 6.07) is 11.0. The average Bonchev–Trinajstić information content (AvgIpc) is 3.32. The first-order chi connectivity index (χ1) is 17.0. The summed E-state index contributed by atoms with van der Waals surface area (Å²) in [5.74, 6) is -2.59. The van der Waals surface area contributed by atoms with Crippen LogP contribution in [0.3, 0.4) is 0 Å². The zero-order chi connectivity index (χ0) is 24.5. The number of nitrogens with zero attached hydrogens (tertiary/aromatic N) is 1. The Morgan fingerprint density at radius 1 is 1.09 bits per heavy atom. The highest BCUT2D eigenvalue weighted by Gasteiger charge is 2.48. The molecule has 0 radical (unpaired) electrons. The predicted molar refractivity (Wildman–Crippen MR) is 128 cm³/mol. The van der Waals surface area contributed by atoms with Gasteiger partial charge in [0.15, 0.2) is 11.6 Å². The van der Waals surface area contributed by atoms with Crippen molar-refractivity contribution in [2.75, 3.05) is 25.6 Å². The van der Waals surface area contributed by atoms with Gasteiger partial charge >= 0.3 is 0 Å². The maximum Gasteiger partial charge on any atom is 0.251 e. The van der Waals surface area contributed by atoms with Gasteiger partial charge < -0.3 is 20.3 Å². The molecule has 1 saturated heterocycles. The number of ether oxygens (including phenoxy) is 1. The largest absolute Gasteiger partial charge is 0.383 e. The first-order valence-corrected chi connectivity index (χ1v) is 12.4. The number of fused-ring (bicyclic) bond motifs is 3. The van der Waals surface area contributed by atoms with Gasteiger partial charge in [-0.15, -0.1) is 0 Å². The van der Waals surface area contributed by atoms with Crippen LogP contribution >= 0.6 is 0 Å². The number of carbonyl (C=O) groups is 2. The van der Waals surface area contributed by atoms with Gasteiger partial charge in [0.2, 0.25) is 5.91 Å². The lowest BCUT2D eigenvalue weighted by Crippen LogP contribution is -2.50. The van der Waals surface area contributed by atoms with Gasteiger partial charge in [0, 0.05) is 36.9 Å². The SMILES string of the molecule is COC[C@@H]1Nc2ccccc2[C@H]2[C@H]1CCN2C(=O)[C@H]1CCCC[C@H]1NC(=O)c1ccc(F)c(F)c1. The van der Waals surface area contributed by atoms with Crippen LogP contribution < -0.4 is 10.6 Å².